The molecule has 1 aromatic carbocycles. The van der Waals surface area contributed by atoms with Crippen LogP contribution in [0.15, 0.2) is 30.5 Å². The van der Waals surface area contributed by atoms with Crippen molar-refractivity contribution in [1.29, 1.82) is 0 Å². The van der Waals surface area contributed by atoms with Crippen LogP contribution in [0.25, 0.3) is 0 Å². The molecular weight excluding hydrogens is 269 g/mol. The summed E-state index contributed by atoms with van der Waals surface area (Å²) in [6.07, 6.45) is 1.66. The second-order valence-corrected chi connectivity index (χ2v) is 4.85. The van der Waals surface area contributed by atoms with Crippen molar-refractivity contribution in [2.24, 2.45) is 0 Å². The van der Waals surface area contributed by atoms with Gasteiger partial charge in [-0.1, -0.05) is 29.3 Å². The number of benzene rings is 1. The Morgan fingerprint density at radius 2 is 1.83 bits per heavy atom. The van der Waals surface area contributed by atoms with Crippen LogP contribution in [0.3, 0.4) is 0 Å². The van der Waals surface area contributed by atoms with E-state index < -0.39 is 0 Å². The van der Waals surface area contributed by atoms with Crippen molar-refractivity contribution in [2.75, 3.05) is 0 Å². The molecular formula is C14H13Cl2NO. The third-order valence-electron chi connectivity index (χ3n) is 2.64. The minimum Gasteiger partial charge on any atom is -0.489 e. The van der Waals surface area contributed by atoms with Crippen molar-refractivity contribution >= 4 is 23.2 Å². The number of nitrogens with zero attached hydrogens (tertiary/aromatic N) is 1. The van der Waals surface area contributed by atoms with Crippen LogP contribution in [-0.4, -0.2) is 4.98 Å². The Bertz CT molecular complexity index is 546. The van der Waals surface area contributed by atoms with Gasteiger partial charge in [-0.2, -0.15) is 0 Å². The maximum atomic E-state index is 6.11. The number of ether oxygens (including phenoxy) is 1. The highest BCUT2D eigenvalue weighted by Gasteiger charge is 2.05. The molecule has 4 heteroatoms. The van der Waals surface area contributed by atoms with E-state index in [0.717, 1.165) is 27.5 Å². The summed E-state index contributed by atoms with van der Waals surface area (Å²) >= 11 is 12.1. The van der Waals surface area contributed by atoms with Gasteiger partial charge in [0, 0.05) is 16.8 Å². The zero-order chi connectivity index (χ0) is 13.1. The summed E-state index contributed by atoms with van der Waals surface area (Å²) in [5.41, 5.74) is 2.87. The van der Waals surface area contributed by atoms with E-state index >= 15 is 0 Å². The second-order valence-electron chi connectivity index (χ2n) is 4.11. The van der Waals surface area contributed by atoms with Crippen LogP contribution in [0.2, 0.25) is 10.2 Å². The number of pyridine rings is 1. The summed E-state index contributed by atoms with van der Waals surface area (Å²) in [5, 5.41) is 1.25. The van der Waals surface area contributed by atoms with E-state index in [0.29, 0.717) is 11.8 Å². The minimum atomic E-state index is 0.396. The van der Waals surface area contributed by atoms with Crippen molar-refractivity contribution in [3.63, 3.8) is 0 Å². The lowest BCUT2D eigenvalue weighted by molar-refractivity contribution is 0.305. The van der Waals surface area contributed by atoms with Gasteiger partial charge in [0.25, 0.3) is 0 Å². The van der Waals surface area contributed by atoms with Gasteiger partial charge < -0.3 is 4.74 Å². The predicted octanol–water partition coefficient (Wildman–Crippen LogP) is 4.58. The van der Waals surface area contributed by atoms with E-state index in [-0.39, 0.29) is 0 Å². The van der Waals surface area contributed by atoms with Gasteiger partial charge in [-0.25, -0.2) is 4.98 Å². The summed E-state index contributed by atoms with van der Waals surface area (Å²) in [6, 6.07) is 7.56. The van der Waals surface area contributed by atoms with E-state index in [1.165, 1.54) is 0 Å². The smallest absolute Gasteiger partial charge is 0.135 e. The van der Waals surface area contributed by atoms with Crippen molar-refractivity contribution in [3.8, 4) is 5.75 Å². The standard InChI is InChI=1S/C14H13Cl2NO/c1-9-6-12(7-10(2)13(9)15)18-8-11-4-3-5-17-14(11)16/h3-7H,8H2,1-2H3. The lowest BCUT2D eigenvalue weighted by Crippen LogP contribution is -1.98. The fourth-order valence-electron chi connectivity index (χ4n) is 1.68. The molecule has 0 unspecified atom stereocenters. The van der Waals surface area contributed by atoms with E-state index in [9.17, 15) is 0 Å². The average Bonchev–Trinajstić information content (AvgIpc) is 2.35. The van der Waals surface area contributed by atoms with E-state index in [2.05, 4.69) is 4.98 Å². The van der Waals surface area contributed by atoms with Gasteiger partial charge in [-0.05, 0) is 43.2 Å². The predicted molar refractivity (Wildman–Crippen MR) is 74.5 cm³/mol. The van der Waals surface area contributed by atoms with Crippen LogP contribution >= 0.6 is 23.2 Å². The first-order chi connectivity index (χ1) is 8.58. The SMILES string of the molecule is Cc1cc(OCc2cccnc2Cl)cc(C)c1Cl. The molecule has 0 N–H and O–H groups in total. The Hall–Kier alpha value is -1.25. The number of rotatable bonds is 3. The Morgan fingerprint density at radius 3 is 2.44 bits per heavy atom. The number of hydrogen-bond acceptors (Lipinski definition) is 2. The van der Waals surface area contributed by atoms with Crippen molar-refractivity contribution in [2.45, 2.75) is 20.5 Å². The topological polar surface area (TPSA) is 22.1 Å². The fraction of sp³-hybridized carbons (Fsp3) is 0.214. The minimum absolute atomic E-state index is 0.396. The molecule has 0 bridgehead atoms. The Kier molecular flexibility index (Phi) is 4.10. The molecule has 94 valence electrons. The molecule has 0 aliphatic carbocycles. The largest absolute Gasteiger partial charge is 0.489 e. The highest BCUT2D eigenvalue weighted by atomic mass is 35.5. The lowest BCUT2D eigenvalue weighted by atomic mass is 10.1. The number of halogens is 2. The van der Waals surface area contributed by atoms with Crippen LogP contribution in [0.4, 0.5) is 0 Å². The molecule has 18 heavy (non-hydrogen) atoms. The van der Waals surface area contributed by atoms with Gasteiger partial charge in [-0.3, -0.25) is 0 Å². The summed E-state index contributed by atoms with van der Waals surface area (Å²) < 4.78 is 5.71. The van der Waals surface area contributed by atoms with Crippen molar-refractivity contribution in [3.05, 3.63) is 57.3 Å². The Labute approximate surface area is 117 Å². The van der Waals surface area contributed by atoms with Gasteiger partial charge in [0.2, 0.25) is 0 Å². The first-order valence-corrected chi connectivity index (χ1v) is 6.32. The van der Waals surface area contributed by atoms with Gasteiger partial charge in [0.05, 0.1) is 0 Å². The van der Waals surface area contributed by atoms with Crippen LogP contribution in [0.1, 0.15) is 16.7 Å². The van der Waals surface area contributed by atoms with E-state index in [1.807, 2.05) is 38.1 Å². The zero-order valence-electron chi connectivity index (χ0n) is 10.2. The molecule has 0 aliphatic heterocycles. The number of aromatic nitrogens is 1. The molecule has 1 heterocycles. The fourth-order valence-corrected chi connectivity index (χ4v) is 1.96. The summed E-state index contributed by atoms with van der Waals surface area (Å²) in [4.78, 5) is 4.00. The van der Waals surface area contributed by atoms with Gasteiger partial charge in [-0.15, -0.1) is 0 Å². The average molecular weight is 282 g/mol. The summed E-state index contributed by atoms with van der Waals surface area (Å²) in [7, 11) is 0. The molecule has 2 nitrogen and oxygen atoms in total. The highest BCUT2D eigenvalue weighted by Crippen LogP contribution is 2.26. The normalized spacial score (nSPS) is 10.4. The van der Waals surface area contributed by atoms with Gasteiger partial charge >= 0.3 is 0 Å². The first-order valence-electron chi connectivity index (χ1n) is 5.57. The quantitative estimate of drug-likeness (QED) is 0.768. The van der Waals surface area contributed by atoms with Crippen LogP contribution < -0.4 is 4.74 Å². The van der Waals surface area contributed by atoms with E-state index in [4.69, 9.17) is 27.9 Å². The van der Waals surface area contributed by atoms with E-state index in [1.54, 1.807) is 6.20 Å². The Morgan fingerprint density at radius 1 is 1.17 bits per heavy atom. The summed E-state index contributed by atoms with van der Waals surface area (Å²) in [5.74, 6) is 0.786. The highest BCUT2D eigenvalue weighted by molar-refractivity contribution is 6.32. The van der Waals surface area contributed by atoms with Crippen LogP contribution in [0, 0.1) is 13.8 Å². The first kappa shape index (κ1) is 13.2. The number of hydrogen-bond donors (Lipinski definition) is 0. The summed E-state index contributed by atoms with van der Waals surface area (Å²) in [6.45, 7) is 4.31. The molecule has 2 rings (SSSR count). The van der Waals surface area contributed by atoms with Crippen LogP contribution in [0.5, 0.6) is 5.75 Å². The zero-order valence-corrected chi connectivity index (χ0v) is 11.7. The molecule has 0 aliphatic rings. The maximum Gasteiger partial charge on any atom is 0.135 e. The maximum absolute atomic E-state index is 6.11. The van der Waals surface area contributed by atoms with Gasteiger partial charge in [0.15, 0.2) is 0 Å². The molecule has 0 radical (unpaired) electrons. The molecule has 0 saturated heterocycles. The van der Waals surface area contributed by atoms with Crippen molar-refractivity contribution < 1.29 is 4.74 Å². The van der Waals surface area contributed by atoms with Crippen molar-refractivity contribution in [1.82, 2.24) is 4.98 Å². The number of aryl methyl sites for hydroxylation is 2. The second kappa shape index (κ2) is 5.59. The van der Waals surface area contributed by atoms with Gasteiger partial charge in [0.1, 0.15) is 17.5 Å². The Balaban J connectivity index is 2.14. The monoisotopic (exact) mass is 281 g/mol. The molecule has 0 atom stereocenters. The molecule has 0 fully saturated rings. The molecule has 0 saturated carbocycles. The molecule has 2 aromatic rings. The lowest BCUT2D eigenvalue weighted by Gasteiger charge is -2.10. The third kappa shape index (κ3) is 2.95. The van der Waals surface area contributed by atoms with Crippen LogP contribution in [-0.2, 0) is 6.61 Å². The molecule has 0 amide bonds. The third-order valence-corrected chi connectivity index (χ3v) is 3.58. The molecule has 1 aromatic heterocycles. The molecule has 0 spiro atoms.